The minimum Gasteiger partial charge on any atom is -0.477 e. The number of carboxylic acids is 1. The molecule has 0 spiro atoms. The Balaban J connectivity index is 0.00000196. The van der Waals surface area contributed by atoms with Crippen molar-refractivity contribution in [1.82, 2.24) is 14.9 Å². The summed E-state index contributed by atoms with van der Waals surface area (Å²) in [5, 5.41) is 19.5. The van der Waals surface area contributed by atoms with E-state index in [-0.39, 0.29) is 53.1 Å². The van der Waals surface area contributed by atoms with Gasteiger partial charge in [0.05, 0.1) is 29.0 Å². The quantitative estimate of drug-likeness (QED) is 0.593. The van der Waals surface area contributed by atoms with Gasteiger partial charge in [0.25, 0.3) is 0 Å². The van der Waals surface area contributed by atoms with E-state index >= 15 is 0 Å². The zero-order chi connectivity index (χ0) is 17.9. The zero-order valence-electron chi connectivity index (χ0n) is 14.4. The van der Waals surface area contributed by atoms with Crippen molar-refractivity contribution in [3.63, 3.8) is 0 Å². The van der Waals surface area contributed by atoms with Crippen molar-refractivity contribution in [2.45, 2.75) is 30.3 Å². The van der Waals surface area contributed by atoms with E-state index in [9.17, 15) is 19.8 Å². The molecule has 0 aromatic carbocycles. The van der Waals surface area contributed by atoms with Gasteiger partial charge in [-0.25, -0.2) is 9.78 Å². The molecule has 4 heterocycles. The first-order valence-electron chi connectivity index (χ1n) is 7.77. The molecule has 1 fully saturated rings. The Bertz CT molecular complexity index is 896. The van der Waals surface area contributed by atoms with Crippen LogP contribution in [-0.4, -0.2) is 78.7 Å². The summed E-state index contributed by atoms with van der Waals surface area (Å²) in [5.41, 5.74) is 0.779. The summed E-state index contributed by atoms with van der Waals surface area (Å²) in [6, 6.07) is 1.55. The predicted molar refractivity (Wildman–Crippen MR) is 98.7 cm³/mol. The first-order chi connectivity index (χ1) is 11.9. The summed E-state index contributed by atoms with van der Waals surface area (Å²) >= 11 is 2.75. The average molecular weight is 400 g/mol. The third-order valence-corrected chi connectivity index (χ3v) is 7.06. The summed E-state index contributed by atoms with van der Waals surface area (Å²) < 4.78 is 1.69. The second-order valence-electron chi connectivity index (χ2n) is 6.20. The molecule has 4 atom stereocenters. The zero-order valence-corrected chi connectivity index (χ0v) is 18.0. The van der Waals surface area contributed by atoms with Gasteiger partial charge in [0, 0.05) is 46.6 Å². The first-order valence-corrected chi connectivity index (χ1v) is 9.40. The standard InChI is InChI=1S/C16H15N3O4S2.Na/c1-6-11-10(7(2)20)14(21)19(11)12(15(22)23)13(6)25-16-18-8-5-17-4-3-9(8)24-16;/h3-7,10-11,20H,1-2H3,(H,22,23);/t6-,7-,10-,11-;/m1./s1. The molecule has 0 bridgehead atoms. The molecule has 0 saturated carbocycles. The molecule has 1 radical (unpaired) electrons. The minimum atomic E-state index is -1.13. The number of thiazole rings is 1. The molecular formula is C16H15N3NaO4S2. The maximum absolute atomic E-state index is 12.3. The van der Waals surface area contributed by atoms with Crippen molar-refractivity contribution in [1.29, 1.82) is 0 Å². The number of β-lactam (4-membered cyclic amide) rings is 1. The van der Waals surface area contributed by atoms with Crippen LogP contribution in [0.25, 0.3) is 10.2 Å². The number of pyridine rings is 1. The van der Waals surface area contributed by atoms with E-state index in [1.807, 2.05) is 13.0 Å². The summed E-state index contributed by atoms with van der Waals surface area (Å²) in [5.74, 6) is -2.18. The van der Waals surface area contributed by atoms with Crippen molar-refractivity contribution in [3.8, 4) is 0 Å². The number of aromatic nitrogens is 2. The molecule has 0 unspecified atom stereocenters. The number of fused-ring (bicyclic) bond motifs is 2. The van der Waals surface area contributed by atoms with Gasteiger partial charge in [0.2, 0.25) is 5.91 Å². The summed E-state index contributed by atoms with van der Waals surface area (Å²) in [4.78, 5) is 34.6. The Labute approximate surface area is 179 Å². The van der Waals surface area contributed by atoms with Gasteiger partial charge < -0.3 is 15.1 Å². The van der Waals surface area contributed by atoms with E-state index in [2.05, 4.69) is 9.97 Å². The number of carbonyl (C=O) groups excluding carboxylic acids is 1. The number of hydrogen-bond acceptors (Lipinski definition) is 7. The number of carbonyl (C=O) groups is 2. The fourth-order valence-electron chi connectivity index (χ4n) is 3.55. The number of carboxylic acid groups (broad SMARTS) is 1. The molecule has 0 aliphatic carbocycles. The first kappa shape index (κ1) is 19.8. The van der Waals surface area contributed by atoms with Crippen LogP contribution in [-0.2, 0) is 9.59 Å². The number of hydrogen-bond donors (Lipinski definition) is 2. The Morgan fingerprint density at radius 1 is 1.46 bits per heavy atom. The predicted octanol–water partition coefficient (Wildman–Crippen LogP) is 1.56. The fourth-order valence-corrected chi connectivity index (χ4v) is 5.86. The Hall–Kier alpha value is -0.970. The van der Waals surface area contributed by atoms with Crippen LogP contribution in [0.3, 0.4) is 0 Å². The molecule has 2 aromatic heterocycles. The molecule has 131 valence electrons. The third-order valence-electron chi connectivity index (χ3n) is 4.68. The number of nitrogens with zero attached hydrogens (tertiary/aromatic N) is 3. The van der Waals surface area contributed by atoms with Gasteiger partial charge in [-0.3, -0.25) is 9.78 Å². The Morgan fingerprint density at radius 3 is 2.81 bits per heavy atom. The van der Waals surface area contributed by atoms with Crippen LogP contribution in [0.15, 0.2) is 33.4 Å². The minimum absolute atomic E-state index is 0. The topological polar surface area (TPSA) is 104 Å². The third kappa shape index (κ3) is 2.90. The van der Waals surface area contributed by atoms with E-state index in [0.29, 0.717) is 9.24 Å². The SMILES string of the molecule is C[C@@H](O)[C@H]1C(=O)N2C(C(=O)O)=C(Sc3nc4cnccc4s3)[C@H](C)[C@H]12.[Na]. The average Bonchev–Trinajstić information content (AvgIpc) is 3.05. The van der Waals surface area contributed by atoms with Crippen molar-refractivity contribution in [2.75, 3.05) is 0 Å². The molecule has 7 nitrogen and oxygen atoms in total. The largest absolute Gasteiger partial charge is 0.477 e. The molecule has 4 rings (SSSR count). The fraction of sp³-hybridized carbons (Fsp3) is 0.375. The molecule has 2 N–H and O–H groups in total. The Morgan fingerprint density at radius 2 is 2.19 bits per heavy atom. The van der Waals surface area contributed by atoms with Crippen LogP contribution in [0.4, 0.5) is 0 Å². The van der Waals surface area contributed by atoms with Crippen LogP contribution in [0.2, 0.25) is 0 Å². The molecule has 2 aromatic rings. The van der Waals surface area contributed by atoms with Crippen LogP contribution in [0.1, 0.15) is 13.8 Å². The van der Waals surface area contributed by atoms with Crippen LogP contribution in [0, 0.1) is 11.8 Å². The van der Waals surface area contributed by atoms with Gasteiger partial charge in [-0.15, -0.1) is 11.3 Å². The molecule has 1 saturated heterocycles. The number of aliphatic carboxylic acids is 1. The van der Waals surface area contributed by atoms with Crippen molar-refractivity contribution in [2.24, 2.45) is 11.8 Å². The second-order valence-corrected chi connectivity index (χ2v) is 8.52. The van der Waals surface area contributed by atoms with Gasteiger partial charge in [-0.2, -0.15) is 0 Å². The number of amides is 1. The van der Waals surface area contributed by atoms with E-state index < -0.39 is 18.0 Å². The molecule has 10 heteroatoms. The van der Waals surface area contributed by atoms with Gasteiger partial charge in [-0.1, -0.05) is 18.7 Å². The summed E-state index contributed by atoms with van der Waals surface area (Å²) in [6.07, 6.45) is 2.55. The monoisotopic (exact) mass is 400 g/mol. The van der Waals surface area contributed by atoms with Gasteiger partial charge in [0.1, 0.15) is 11.2 Å². The molecule has 26 heavy (non-hydrogen) atoms. The van der Waals surface area contributed by atoms with Crippen molar-refractivity contribution >= 4 is 74.7 Å². The Kier molecular flexibility index (Phi) is 5.49. The number of thioether (sulfide) groups is 1. The molecule has 2 aliphatic heterocycles. The number of rotatable bonds is 4. The summed E-state index contributed by atoms with van der Waals surface area (Å²) in [7, 11) is 0. The maximum atomic E-state index is 12.3. The molecule has 2 aliphatic rings. The van der Waals surface area contributed by atoms with Gasteiger partial charge >= 0.3 is 5.97 Å². The molecular weight excluding hydrogens is 385 g/mol. The van der Waals surface area contributed by atoms with E-state index in [1.54, 1.807) is 19.3 Å². The van der Waals surface area contributed by atoms with E-state index in [4.69, 9.17) is 0 Å². The van der Waals surface area contributed by atoms with Crippen molar-refractivity contribution < 1.29 is 19.8 Å². The van der Waals surface area contributed by atoms with Crippen LogP contribution in [0.5, 0.6) is 0 Å². The number of aliphatic hydroxyl groups excluding tert-OH is 1. The normalized spacial score (nSPS) is 25.7. The van der Waals surface area contributed by atoms with Crippen LogP contribution < -0.4 is 0 Å². The van der Waals surface area contributed by atoms with Gasteiger partial charge in [-0.05, 0) is 13.0 Å². The van der Waals surface area contributed by atoms with Crippen molar-refractivity contribution in [3.05, 3.63) is 29.1 Å². The number of aliphatic hydroxyl groups is 1. The summed E-state index contributed by atoms with van der Waals surface area (Å²) in [6.45, 7) is 3.46. The van der Waals surface area contributed by atoms with E-state index in [1.165, 1.54) is 28.0 Å². The maximum Gasteiger partial charge on any atom is 0.353 e. The molecule has 1 amide bonds. The smallest absolute Gasteiger partial charge is 0.353 e. The van der Waals surface area contributed by atoms with E-state index in [0.717, 1.165) is 10.2 Å². The van der Waals surface area contributed by atoms with Crippen LogP contribution >= 0.6 is 23.1 Å². The second kappa shape index (κ2) is 7.21. The van der Waals surface area contributed by atoms with Gasteiger partial charge in [0.15, 0.2) is 4.34 Å².